The zero-order valence-electron chi connectivity index (χ0n) is 20.4. The number of carbonyl (C=O) groups is 2. The average molecular weight is 561 g/mol. The molecule has 0 radical (unpaired) electrons. The zero-order valence-corrected chi connectivity index (χ0v) is 21.2. The quantitative estimate of drug-likeness (QED) is 0.306. The third-order valence-corrected chi connectivity index (χ3v) is 5.58. The van der Waals surface area contributed by atoms with E-state index in [9.17, 15) is 27.9 Å². The molecule has 0 fully saturated rings. The lowest BCUT2D eigenvalue weighted by Gasteiger charge is -2.28. The Morgan fingerprint density at radius 1 is 1.08 bits per heavy atom. The van der Waals surface area contributed by atoms with Gasteiger partial charge in [0.2, 0.25) is 5.88 Å². The van der Waals surface area contributed by atoms with E-state index in [0.29, 0.717) is 5.02 Å². The minimum atomic E-state index is -4.82. The number of carboxylic acids is 1. The first-order valence-corrected chi connectivity index (χ1v) is 11.7. The molecule has 1 aromatic carbocycles. The lowest BCUT2D eigenvalue weighted by molar-refractivity contribution is -0.139. The molecule has 4 aromatic rings. The van der Waals surface area contributed by atoms with Gasteiger partial charge in [0.15, 0.2) is 0 Å². The first-order valence-electron chi connectivity index (χ1n) is 11.3. The highest BCUT2D eigenvalue weighted by Crippen LogP contribution is 2.38. The highest BCUT2D eigenvalue weighted by atomic mass is 35.5. The Kier molecular flexibility index (Phi) is 7.81. The van der Waals surface area contributed by atoms with Crippen LogP contribution in [0, 0.1) is 0 Å². The summed E-state index contributed by atoms with van der Waals surface area (Å²) in [6, 6.07) is 6.78. The molecule has 4 rings (SSSR count). The van der Waals surface area contributed by atoms with E-state index in [-0.39, 0.29) is 34.8 Å². The summed E-state index contributed by atoms with van der Waals surface area (Å²) in [6.07, 6.45) is 0.416. The van der Waals surface area contributed by atoms with E-state index in [1.54, 1.807) is 13.8 Å². The number of halogens is 4. The predicted octanol–water partition coefficient (Wildman–Crippen LogP) is 5.33. The largest absolute Gasteiger partial charge is 0.478 e. The van der Waals surface area contributed by atoms with E-state index in [4.69, 9.17) is 16.3 Å². The number of ether oxygens (including phenoxy) is 1. The van der Waals surface area contributed by atoms with Gasteiger partial charge in [-0.05, 0) is 55.8 Å². The highest BCUT2D eigenvalue weighted by molar-refractivity contribution is 6.30. The third kappa shape index (κ3) is 6.32. The van der Waals surface area contributed by atoms with Gasteiger partial charge in [-0.3, -0.25) is 4.79 Å². The van der Waals surface area contributed by atoms with Crippen LogP contribution in [0.2, 0.25) is 5.02 Å². The first-order chi connectivity index (χ1) is 18.4. The Balaban J connectivity index is 1.69. The average Bonchev–Trinajstić information content (AvgIpc) is 3.38. The highest BCUT2D eigenvalue weighted by Gasteiger charge is 2.36. The molecular weight excluding hydrogens is 541 g/mol. The fourth-order valence-electron chi connectivity index (χ4n) is 3.67. The van der Waals surface area contributed by atoms with E-state index in [2.05, 4.69) is 20.2 Å². The number of alkyl halides is 3. The molecule has 10 nitrogen and oxygen atoms in total. The van der Waals surface area contributed by atoms with Gasteiger partial charge in [0, 0.05) is 18.4 Å². The molecule has 0 bridgehead atoms. The molecule has 0 spiro atoms. The van der Waals surface area contributed by atoms with Crippen LogP contribution in [0.1, 0.15) is 45.8 Å². The molecule has 0 aliphatic carbocycles. The topological polar surface area (TPSA) is 123 Å². The molecule has 202 valence electrons. The minimum Gasteiger partial charge on any atom is -0.478 e. The van der Waals surface area contributed by atoms with Crippen molar-refractivity contribution in [2.45, 2.75) is 32.6 Å². The number of carbonyl (C=O) groups excluding carboxylic acids is 1. The van der Waals surface area contributed by atoms with Crippen LogP contribution in [0.3, 0.4) is 0 Å². The standard InChI is InChI=1S/C25H20ClF3N6O4/c1-14(2)35(23(36)20-5-3-16(26)12-30-20)21-6-4-17(10-18(21)24(37)38)39-22-19(25(27,28)29)9-15(11-31-22)13-34-32-7-8-33-34/h3-12,14H,13H2,1-2H3,(H,37,38). The van der Waals surface area contributed by atoms with Gasteiger partial charge >= 0.3 is 12.1 Å². The Hall–Kier alpha value is -4.52. The lowest BCUT2D eigenvalue weighted by atomic mass is 10.1. The van der Waals surface area contributed by atoms with E-state index >= 15 is 0 Å². The van der Waals surface area contributed by atoms with Crippen LogP contribution in [-0.2, 0) is 12.7 Å². The molecule has 0 aliphatic heterocycles. The second-order valence-electron chi connectivity index (χ2n) is 8.47. The van der Waals surface area contributed by atoms with E-state index in [0.717, 1.165) is 12.1 Å². The predicted molar refractivity (Wildman–Crippen MR) is 133 cm³/mol. The number of aromatic carboxylic acids is 1. The molecular formula is C25H20ClF3N6O4. The SMILES string of the molecule is CC(C)N(C(=O)c1ccc(Cl)cn1)c1ccc(Oc2ncc(Cn3nccn3)cc2C(F)(F)F)cc1C(=O)O. The van der Waals surface area contributed by atoms with Gasteiger partial charge in [-0.2, -0.15) is 28.2 Å². The number of carboxylic acid groups (broad SMARTS) is 1. The van der Waals surface area contributed by atoms with Crippen molar-refractivity contribution in [3.63, 3.8) is 0 Å². The maximum Gasteiger partial charge on any atom is 0.421 e. The number of pyridine rings is 2. The van der Waals surface area contributed by atoms with Crippen LogP contribution in [0.4, 0.5) is 18.9 Å². The molecule has 0 saturated carbocycles. The van der Waals surface area contributed by atoms with Crippen molar-refractivity contribution in [2.24, 2.45) is 0 Å². The van der Waals surface area contributed by atoms with Gasteiger partial charge in [-0.15, -0.1) is 0 Å². The fraction of sp³-hybridized carbons (Fsp3) is 0.200. The third-order valence-electron chi connectivity index (χ3n) is 5.36. The van der Waals surface area contributed by atoms with Gasteiger partial charge in [0.05, 0.1) is 35.2 Å². The summed E-state index contributed by atoms with van der Waals surface area (Å²) in [7, 11) is 0. The van der Waals surface area contributed by atoms with Gasteiger partial charge in [-0.1, -0.05) is 11.6 Å². The normalized spacial score (nSPS) is 11.5. The number of nitrogens with zero attached hydrogens (tertiary/aromatic N) is 6. The van der Waals surface area contributed by atoms with Crippen LogP contribution in [-0.4, -0.2) is 48.0 Å². The smallest absolute Gasteiger partial charge is 0.421 e. The summed E-state index contributed by atoms with van der Waals surface area (Å²) in [5.41, 5.74) is -1.35. The Morgan fingerprint density at radius 2 is 1.79 bits per heavy atom. The summed E-state index contributed by atoms with van der Waals surface area (Å²) in [6.45, 7) is 3.29. The number of hydrogen-bond acceptors (Lipinski definition) is 7. The Labute approximate surface area is 224 Å². The lowest BCUT2D eigenvalue weighted by Crippen LogP contribution is -2.38. The summed E-state index contributed by atoms with van der Waals surface area (Å²) in [5.74, 6) is -3.02. The van der Waals surface area contributed by atoms with Gasteiger partial charge in [-0.25, -0.2) is 14.8 Å². The number of rotatable bonds is 8. The summed E-state index contributed by atoms with van der Waals surface area (Å²) in [4.78, 5) is 35.6. The molecule has 39 heavy (non-hydrogen) atoms. The molecule has 1 N–H and O–H groups in total. The van der Waals surface area contributed by atoms with Crippen LogP contribution >= 0.6 is 11.6 Å². The van der Waals surface area contributed by atoms with Gasteiger partial charge < -0.3 is 14.7 Å². The van der Waals surface area contributed by atoms with Gasteiger partial charge in [0.1, 0.15) is 17.0 Å². The summed E-state index contributed by atoms with van der Waals surface area (Å²) >= 11 is 5.84. The Bertz CT molecular complexity index is 1490. The number of benzene rings is 1. The maximum absolute atomic E-state index is 13.8. The number of amides is 1. The number of hydrogen-bond donors (Lipinski definition) is 1. The molecule has 3 aromatic heterocycles. The van der Waals surface area contributed by atoms with Crippen molar-refractivity contribution >= 4 is 29.2 Å². The second-order valence-corrected chi connectivity index (χ2v) is 8.91. The van der Waals surface area contributed by atoms with Crippen LogP contribution in [0.25, 0.3) is 0 Å². The summed E-state index contributed by atoms with van der Waals surface area (Å²) in [5, 5.41) is 17.9. The van der Waals surface area contributed by atoms with Gasteiger partial charge in [0.25, 0.3) is 5.91 Å². The van der Waals surface area contributed by atoms with Crippen LogP contribution < -0.4 is 9.64 Å². The van der Waals surface area contributed by atoms with Crippen molar-refractivity contribution in [3.8, 4) is 11.6 Å². The molecule has 0 atom stereocenters. The van der Waals surface area contributed by atoms with E-state index in [1.165, 1.54) is 58.7 Å². The van der Waals surface area contributed by atoms with Crippen LogP contribution in [0.5, 0.6) is 11.6 Å². The molecule has 0 saturated heterocycles. The molecule has 0 aliphatic rings. The number of anilines is 1. The second kappa shape index (κ2) is 11.1. The van der Waals surface area contributed by atoms with E-state index in [1.807, 2.05) is 0 Å². The monoisotopic (exact) mass is 560 g/mol. The summed E-state index contributed by atoms with van der Waals surface area (Å²) < 4.78 is 46.9. The molecule has 1 amide bonds. The van der Waals surface area contributed by atoms with Crippen molar-refractivity contribution in [1.82, 2.24) is 25.0 Å². The molecule has 0 unspecified atom stereocenters. The minimum absolute atomic E-state index is 0.00215. The molecule has 3 heterocycles. The maximum atomic E-state index is 13.8. The molecule has 14 heteroatoms. The van der Waals surface area contributed by atoms with Crippen molar-refractivity contribution < 1.29 is 32.6 Å². The zero-order chi connectivity index (χ0) is 28.3. The Morgan fingerprint density at radius 3 is 2.38 bits per heavy atom. The number of aromatic nitrogens is 5. The van der Waals surface area contributed by atoms with Crippen molar-refractivity contribution in [3.05, 3.63) is 88.6 Å². The van der Waals surface area contributed by atoms with E-state index < -0.39 is 35.5 Å². The van der Waals surface area contributed by atoms with Crippen molar-refractivity contribution in [2.75, 3.05) is 4.90 Å². The first kappa shape index (κ1) is 27.5. The fourth-order valence-corrected chi connectivity index (χ4v) is 3.79. The van der Waals surface area contributed by atoms with Crippen molar-refractivity contribution in [1.29, 1.82) is 0 Å². The van der Waals surface area contributed by atoms with Crippen LogP contribution in [0.15, 0.2) is 61.2 Å².